The van der Waals surface area contributed by atoms with Crippen molar-refractivity contribution in [2.75, 3.05) is 25.0 Å². The minimum absolute atomic E-state index is 0.0642. The maximum Gasteiger partial charge on any atom is 0.248 e. The normalized spacial score (nSPS) is 22.2. The highest BCUT2D eigenvalue weighted by molar-refractivity contribution is 7.15. The summed E-state index contributed by atoms with van der Waals surface area (Å²) in [6.45, 7) is 6.53. The zero-order valence-electron chi connectivity index (χ0n) is 15.1. The Kier molecular flexibility index (Phi) is 6.06. The molecule has 0 aromatic carbocycles. The molecule has 0 aliphatic carbocycles. The summed E-state index contributed by atoms with van der Waals surface area (Å²) in [6.07, 6.45) is 6.83. The van der Waals surface area contributed by atoms with Gasteiger partial charge in [0.15, 0.2) is 5.13 Å². The second-order valence-corrected chi connectivity index (χ2v) is 8.34. The number of aromatic nitrogens is 1. The summed E-state index contributed by atoms with van der Waals surface area (Å²) in [6, 6.07) is -0.366. The number of piperidine rings is 2. The molecule has 3 rings (SSSR count). The maximum atomic E-state index is 12.7. The van der Waals surface area contributed by atoms with E-state index in [4.69, 9.17) is 0 Å². The molecule has 1 aromatic rings. The van der Waals surface area contributed by atoms with Crippen molar-refractivity contribution >= 4 is 28.3 Å². The van der Waals surface area contributed by atoms with Crippen LogP contribution >= 0.6 is 11.3 Å². The molecule has 2 saturated heterocycles. The Bertz CT molecular complexity index is 610. The molecule has 7 heteroatoms. The fourth-order valence-electron chi connectivity index (χ4n) is 3.63. The standard InChI is InChI=1S/C18H28N4O2S/c1-12(2)17(24)22-10-4-3-5-14(22)16(23)21-18-20-11-15(25-18)13-6-8-19-9-7-13/h11-14,19H,3-10H2,1-2H3,(H,20,21,23). The molecule has 1 atom stereocenters. The van der Waals surface area contributed by atoms with Gasteiger partial charge in [0, 0.05) is 23.5 Å². The number of thiazole rings is 1. The van der Waals surface area contributed by atoms with Gasteiger partial charge in [0.05, 0.1) is 0 Å². The number of carbonyl (C=O) groups excluding carboxylic acids is 2. The van der Waals surface area contributed by atoms with Crippen molar-refractivity contribution in [2.45, 2.75) is 57.9 Å². The molecule has 2 amide bonds. The van der Waals surface area contributed by atoms with Gasteiger partial charge in [0.25, 0.3) is 0 Å². The number of amides is 2. The van der Waals surface area contributed by atoms with E-state index < -0.39 is 0 Å². The highest BCUT2D eigenvalue weighted by atomic mass is 32.1. The van der Waals surface area contributed by atoms with Crippen molar-refractivity contribution in [1.29, 1.82) is 0 Å². The van der Waals surface area contributed by atoms with Crippen molar-refractivity contribution in [2.24, 2.45) is 5.92 Å². The molecule has 0 radical (unpaired) electrons. The predicted octanol–water partition coefficient (Wildman–Crippen LogP) is 2.59. The third kappa shape index (κ3) is 4.39. The first kappa shape index (κ1) is 18.3. The van der Waals surface area contributed by atoms with Crippen LogP contribution in [0.5, 0.6) is 0 Å². The Hall–Kier alpha value is -1.47. The molecule has 0 spiro atoms. The van der Waals surface area contributed by atoms with E-state index in [0.29, 0.717) is 17.6 Å². The molecule has 138 valence electrons. The molecule has 1 unspecified atom stereocenters. The van der Waals surface area contributed by atoms with Crippen molar-refractivity contribution in [3.8, 4) is 0 Å². The van der Waals surface area contributed by atoms with E-state index in [1.807, 2.05) is 20.0 Å². The molecular weight excluding hydrogens is 336 g/mol. The minimum atomic E-state index is -0.366. The number of hydrogen-bond donors (Lipinski definition) is 2. The molecule has 6 nitrogen and oxygen atoms in total. The lowest BCUT2D eigenvalue weighted by atomic mass is 9.97. The van der Waals surface area contributed by atoms with Crippen molar-refractivity contribution in [3.63, 3.8) is 0 Å². The third-order valence-electron chi connectivity index (χ3n) is 5.08. The first-order chi connectivity index (χ1) is 12.1. The van der Waals surface area contributed by atoms with Gasteiger partial charge in [-0.25, -0.2) is 4.98 Å². The summed E-state index contributed by atoms with van der Waals surface area (Å²) < 4.78 is 0. The first-order valence-corrected chi connectivity index (χ1v) is 10.2. The molecule has 0 saturated carbocycles. The van der Waals surface area contributed by atoms with Crippen LogP contribution in [0.1, 0.15) is 56.7 Å². The van der Waals surface area contributed by atoms with Gasteiger partial charge >= 0.3 is 0 Å². The van der Waals surface area contributed by atoms with Gasteiger partial charge in [-0.2, -0.15) is 0 Å². The van der Waals surface area contributed by atoms with Gasteiger partial charge in [-0.1, -0.05) is 13.8 Å². The van der Waals surface area contributed by atoms with Gasteiger partial charge in [0.1, 0.15) is 6.04 Å². The van der Waals surface area contributed by atoms with Gasteiger partial charge in [0.2, 0.25) is 11.8 Å². The van der Waals surface area contributed by atoms with Crippen LogP contribution in [0.25, 0.3) is 0 Å². The Morgan fingerprint density at radius 3 is 2.76 bits per heavy atom. The van der Waals surface area contributed by atoms with Crippen LogP contribution in [0.15, 0.2) is 6.20 Å². The zero-order valence-corrected chi connectivity index (χ0v) is 15.9. The quantitative estimate of drug-likeness (QED) is 0.861. The van der Waals surface area contributed by atoms with E-state index in [0.717, 1.165) is 45.2 Å². The van der Waals surface area contributed by atoms with Crippen LogP contribution in [-0.4, -0.2) is 47.4 Å². The SMILES string of the molecule is CC(C)C(=O)N1CCCCC1C(=O)Nc1ncc(C2CCNCC2)s1. The van der Waals surface area contributed by atoms with E-state index in [1.54, 1.807) is 16.2 Å². The maximum absolute atomic E-state index is 12.7. The van der Waals surface area contributed by atoms with Crippen LogP contribution in [0, 0.1) is 5.92 Å². The van der Waals surface area contributed by atoms with Crippen molar-refractivity contribution < 1.29 is 9.59 Å². The average molecular weight is 365 g/mol. The summed E-state index contributed by atoms with van der Waals surface area (Å²) in [5.74, 6) is 0.423. The Morgan fingerprint density at radius 2 is 2.04 bits per heavy atom. The summed E-state index contributed by atoms with van der Waals surface area (Å²) >= 11 is 1.57. The van der Waals surface area contributed by atoms with E-state index in [1.165, 1.54) is 4.88 Å². The first-order valence-electron chi connectivity index (χ1n) is 9.34. The van der Waals surface area contributed by atoms with E-state index in [-0.39, 0.29) is 23.8 Å². The summed E-state index contributed by atoms with van der Waals surface area (Å²) in [7, 11) is 0. The van der Waals surface area contributed by atoms with E-state index in [9.17, 15) is 9.59 Å². The molecule has 2 fully saturated rings. The van der Waals surface area contributed by atoms with E-state index >= 15 is 0 Å². The lowest BCUT2D eigenvalue weighted by molar-refractivity contribution is -0.142. The Labute approximate surface area is 153 Å². The number of hydrogen-bond acceptors (Lipinski definition) is 5. The summed E-state index contributed by atoms with van der Waals surface area (Å²) in [4.78, 5) is 32.5. The lowest BCUT2D eigenvalue weighted by Crippen LogP contribution is -2.51. The molecule has 0 bridgehead atoms. The van der Waals surface area contributed by atoms with Gasteiger partial charge in [-0.3, -0.25) is 9.59 Å². The number of rotatable bonds is 4. The Balaban J connectivity index is 1.64. The smallest absolute Gasteiger partial charge is 0.248 e. The average Bonchev–Trinajstić information content (AvgIpc) is 3.10. The second-order valence-electron chi connectivity index (χ2n) is 7.28. The highest BCUT2D eigenvalue weighted by Crippen LogP contribution is 2.32. The van der Waals surface area contributed by atoms with Crippen molar-refractivity contribution in [1.82, 2.24) is 15.2 Å². The van der Waals surface area contributed by atoms with Crippen LogP contribution in [-0.2, 0) is 9.59 Å². The van der Waals surface area contributed by atoms with Crippen LogP contribution in [0.3, 0.4) is 0 Å². The molecule has 25 heavy (non-hydrogen) atoms. The Morgan fingerprint density at radius 1 is 1.28 bits per heavy atom. The largest absolute Gasteiger partial charge is 0.330 e. The predicted molar refractivity (Wildman–Crippen MR) is 99.8 cm³/mol. The monoisotopic (exact) mass is 364 g/mol. The lowest BCUT2D eigenvalue weighted by Gasteiger charge is -2.35. The second kappa shape index (κ2) is 8.27. The fourth-order valence-corrected chi connectivity index (χ4v) is 4.62. The number of nitrogens with one attached hydrogen (secondary N) is 2. The highest BCUT2D eigenvalue weighted by Gasteiger charge is 2.33. The molecule has 3 heterocycles. The number of carbonyl (C=O) groups is 2. The number of nitrogens with zero attached hydrogens (tertiary/aromatic N) is 2. The fraction of sp³-hybridized carbons (Fsp3) is 0.722. The van der Waals surface area contributed by atoms with Crippen LogP contribution in [0.2, 0.25) is 0 Å². The molecule has 2 aliphatic heterocycles. The van der Waals surface area contributed by atoms with Crippen molar-refractivity contribution in [3.05, 3.63) is 11.1 Å². The van der Waals surface area contributed by atoms with Gasteiger partial charge in [-0.05, 0) is 51.1 Å². The number of likely N-dealkylation sites (tertiary alicyclic amines) is 1. The number of anilines is 1. The summed E-state index contributed by atoms with van der Waals surface area (Å²) in [5, 5.41) is 6.98. The topological polar surface area (TPSA) is 74.3 Å². The summed E-state index contributed by atoms with van der Waals surface area (Å²) in [5.41, 5.74) is 0. The molecule has 1 aromatic heterocycles. The van der Waals surface area contributed by atoms with Crippen LogP contribution in [0.4, 0.5) is 5.13 Å². The molecule has 2 aliphatic rings. The molecule has 2 N–H and O–H groups in total. The zero-order chi connectivity index (χ0) is 17.8. The minimum Gasteiger partial charge on any atom is -0.330 e. The van der Waals surface area contributed by atoms with Gasteiger partial charge < -0.3 is 15.5 Å². The molecular formula is C18H28N4O2S. The van der Waals surface area contributed by atoms with Gasteiger partial charge in [-0.15, -0.1) is 11.3 Å². The van der Waals surface area contributed by atoms with Crippen LogP contribution < -0.4 is 10.6 Å². The van der Waals surface area contributed by atoms with E-state index in [2.05, 4.69) is 15.6 Å². The third-order valence-corrected chi connectivity index (χ3v) is 6.15.